The zero-order valence-corrected chi connectivity index (χ0v) is 14.9. The van der Waals surface area contributed by atoms with Crippen molar-refractivity contribution < 1.29 is 14.7 Å². The molecule has 0 radical (unpaired) electrons. The predicted molar refractivity (Wildman–Crippen MR) is 104 cm³/mol. The lowest BCUT2D eigenvalue weighted by molar-refractivity contribution is -0.114. The molecule has 6 heteroatoms. The Labute approximate surface area is 155 Å². The highest BCUT2D eigenvalue weighted by Crippen LogP contribution is 2.26. The maximum atomic E-state index is 12.4. The van der Waals surface area contributed by atoms with Gasteiger partial charge in [0.15, 0.2) is 0 Å². The lowest BCUT2D eigenvalue weighted by Gasteiger charge is -2.11. The summed E-state index contributed by atoms with van der Waals surface area (Å²) in [5.74, 6) is -0.466. The van der Waals surface area contributed by atoms with E-state index in [2.05, 4.69) is 10.6 Å². The standard InChI is InChI=1S/C20H18N2O3S/c1-13(23)21-17-5-2-4-15(12-17)20(25)22-16-9-7-14(8-10-16)19(24)18-6-3-11-26-18/h2-12,19,24H,1H3,(H,21,23)(H,22,25). The molecule has 2 aromatic carbocycles. The van der Waals surface area contributed by atoms with Crippen LogP contribution in [0.15, 0.2) is 66.0 Å². The fourth-order valence-corrected chi connectivity index (χ4v) is 3.24. The minimum Gasteiger partial charge on any atom is -0.383 e. The van der Waals surface area contributed by atoms with Crippen LogP contribution in [-0.4, -0.2) is 16.9 Å². The van der Waals surface area contributed by atoms with Crippen molar-refractivity contribution in [3.63, 3.8) is 0 Å². The van der Waals surface area contributed by atoms with Crippen molar-refractivity contribution in [1.29, 1.82) is 0 Å². The fourth-order valence-electron chi connectivity index (χ4n) is 2.50. The Kier molecular flexibility index (Phi) is 5.46. The zero-order valence-electron chi connectivity index (χ0n) is 14.1. The third kappa shape index (κ3) is 4.36. The van der Waals surface area contributed by atoms with Crippen molar-refractivity contribution in [2.75, 3.05) is 10.6 Å². The molecule has 1 aromatic heterocycles. The van der Waals surface area contributed by atoms with E-state index in [0.29, 0.717) is 16.9 Å². The quantitative estimate of drug-likeness (QED) is 0.638. The molecule has 3 aromatic rings. The number of anilines is 2. The molecular formula is C20H18N2O3S. The van der Waals surface area contributed by atoms with Crippen molar-refractivity contribution in [1.82, 2.24) is 0 Å². The van der Waals surface area contributed by atoms with Crippen LogP contribution >= 0.6 is 11.3 Å². The van der Waals surface area contributed by atoms with E-state index in [4.69, 9.17) is 0 Å². The van der Waals surface area contributed by atoms with Crippen LogP contribution in [0.4, 0.5) is 11.4 Å². The molecule has 1 atom stereocenters. The summed E-state index contributed by atoms with van der Waals surface area (Å²) in [4.78, 5) is 24.4. The smallest absolute Gasteiger partial charge is 0.255 e. The number of aliphatic hydroxyl groups is 1. The van der Waals surface area contributed by atoms with Gasteiger partial charge in [-0.25, -0.2) is 0 Å². The van der Waals surface area contributed by atoms with Gasteiger partial charge in [-0.3, -0.25) is 9.59 Å². The van der Waals surface area contributed by atoms with Gasteiger partial charge in [0.2, 0.25) is 5.91 Å². The summed E-state index contributed by atoms with van der Waals surface area (Å²) in [6.07, 6.45) is -0.672. The Morgan fingerprint density at radius 3 is 2.38 bits per heavy atom. The molecule has 0 saturated carbocycles. The predicted octanol–water partition coefficient (Wildman–Crippen LogP) is 4.04. The molecule has 0 aliphatic rings. The molecule has 0 fully saturated rings. The summed E-state index contributed by atoms with van der Waals surface area (Å²) in [6, 6.07) is 17.6. The van der Waals surface area contributed by atoms with Crippen molar-refractivity contribution >= 4 is 34.5 Å². The Balaban J connectivity index is 1.69. The maximum Gasteiger partial charge on any atom is 0.255 e. The molecule has 2 amide bonds. The Hall–Kier alpha value is -2.96. The van der Waals surface area contributed by atoms with E-state index in [9.17, 15) is 14.7 Å². The first-order valence-electron chi connectivity index (χ1n) is 8.03. The third-order valence-electron chi connectivity index (χ3n) is 3.74. The monoisotopic (exact) mass is 366 g/mol. The molecule has 1 heterocycles. The lowest BCUT2D eigenvalue weighted by atomic mass is 10.1. The Morgan fingerprint density at radius 2 is 1.73 bits per heavy atom. The molecule has 0 bridgehead atoms. The van der Waals surface area contributed by atoms with E-state index >= 15 is 0 Å². The van der Waals surface area contributed by atoms with Crippen molar-refractivity contribution in [3.05, 3.63) is 82.0 Å². The molecule has 132 valence electrons. The first-order chi connectivity index (χ1) is 12.5. The largest absolute Gasteiger partial charge is 0.383 e. The van der Waals surface area contributed by atoms with E-state index in [1.54, 1.807) is 48.5 Å². The van der Waals surface area contributed by atoms with Crippen LogP contribution in [0.25, 0.3) is 0 Å². The van der Waals surface area contributed by atoms with E-state index in [0.717, 1.165) is 10.4 Å². The van der Waals surface area contributed by atoms with Gasteiger partial charge in [0.05, 0.1) is 0 Å². The average molecular weight is 366 g/mol. The van der Waals surface area contributed by atoms with Crippen LogP contribution in [0.2, 0.25) is 0 Å². The fraction of sp³-hybridized carbons (Fsp3) is 0.100. The molecular weight excluding hydrogens is 348 g/mol. The first kappa shape index (κ1) is 17.8. The summed E-state index contributed by atoms with van der Waals surface area (Å²) < 4.78 is 0. The highest BCUT2D eigenvalue weighted by atomic mass is 32.1. The molecule has 0 spiro atoms. The second-order valence-electron chi connectivity index (χ2n) is 5.76. The molecule has 1 unspecified atom stereocenters. The van der Waals surface area contributed by atoms with Gasteiger partial charge < -0.3 is 15.7 Å². The van der Waals surface area contributed by atoms with Gasteiger partial charge in [-0.1, -0.05) is 24.3 Å². The van der Waals surface area contributed by atoms with E-state index in [-0.39, 0.29) is 11.8 Å². The molecule has 3 rings (SSSR count). The van der Waals surface area contributed by atoms with Gasteiger partial charge in [0.1, 0.15) is 6.10 Å². The van der Waals surface area contributed by atoms with Gasteiger partial charge in [0, 0.05) is 28.7 Å². The van der Waals surface area contributed by atoms with Crippen molar-refractivity contribution in [3.8, 4) is 0 Å². The number of carbonyl (C=O) groups is 2. The molecule has 0 aliphatic carbocycles. The van der Waals surface area contributed by atoms with Crippen LogP contribution in [0.1, 0.15) is 33.8 Å². The Morgan fingerprint density at radius 1 is 0.962 bits per heavy atom. The zero-order chi connectivity index (χ0) is 18.5. The number of rotatable bonds is 5. The van der Waals surface area contributed by atoms with Crippen LogP contribution < -0.4 is 10.6 Å². The minimum absolute atomic E-state index is 0.192. The van der Waals surface area contributed by atoms with Crippen molar-refractivity contribution in [2.45, 2.75) is 13.0 Å². The number of amides is 2. The average Bonchev–Trinajstić information content (AvgIpc) is 3.16. The number of carbonyl (C=O) groups excluding carboxylic acids is 2. The van der Waals surface area contributed by atoms with Crippen LogP contribution in [0.5, 0.6) is 0 Å². The van der Waals surface area contributed by atoms with Crippen molar-refractivity contribution in [2.24, 2.45) is 0 Å². The van der Waals surface area contributed by atoms with Gasteiger partial charge in [-0.15, -0.1) is 11.3 Å². The number of hydrogen-bond donors (Lipinski definition) is 3. The summed E-state index contributed by atoms with van der Waals surface area (Å²) in [7, 11) is 0. The van der Waals surface area contributed by atoms with E-state index < -0.39 is 6.10 Å². The lowest BCUT2D eigenvalue weighted by Crippen LogP contribution is -2.13. The maximum absolute atomic E-state index is 12.4. The number of thiophene rings is 1. The highest BCUT2D eigenvalue weighted by molar-refractivity contribution is 7.10. The van der Waals surface area contributed by atoms with Crippen LogP contribution in [-0.2, 0) is 4.79 Å². The van der Waals surface area contributed by atoms with Gasteiger partial charge in [-0.05, 0) is 47.3 Å². The van der Waals surface area contributed by atoms with E-state index in [1.165, 1.54) is 18.3 Å². The minimum atomic E-state index is -0.672. The number of benzene rings is 2. The number of aliphatic hydroxyl groups excluding tert-OH is 1. The summed E-state index contributed by atoms with van der Waals surface area (Å²) >= 11 is 1.49. The third-order valence-corrected chi connectivity index (χ3v) is 4.67. The first-order valence-corrected chi connectivity index (χ1v) is 8.91. The topological polar surface area (TPSA) is 78.4 Å². The summed E-state index contributed by atoms with van der Waals surface area (Å²) in [5, 5.41) is 17.7. The van der Waals surface area contributed by atoms with Gasteiger partial charge in [0.25, 0.3) is 5.91 Å². The molecule has 26 heavy (non-hydrogen) atoms. The van der Waals surface area contributed by atoms with Crippen LogP contribution in [0.3, 0.4) is 0 Å². The number of hydrogen-bond acceptors (Lipinski definition) is 4. The SMILES string of the molecule is CC(=O)Nc1cccc(C(=O)Nc2ccc(C(O)c3cccs3)cc2)c1. The molecule has 0 saturated heterocycles. The van der Waals surface area contributed by atoms with E-state index in [1.807, 2.05) is 17.5 Å². The van der Waals surface area contributed by atoms with Gasteiger partial charge >= 0.3 is 0 Å². The molecule has 5 nitrogen and oxygen atoms in total. The second kappa shape index (κ2) is 7.95. The molecule has 3 N–H and O–H groups in total. The second-order valence-corrected chi connectivity index (χ2v) is 6.74. The normalized spacial score (nSPS) is 11.6. The molecule has 0 aliphatic heterocycles. The highest BCUT2D eigenvalue weighted by Gasteiger charge is 2.12. The number of nitrogens with one attached hydrogen (secondary N) is 2. The Bertz CT molecular complexity index is 905. The summed E-state index contributed by atoms with van der Waals surface area (Å²) in [5.41, 5.74) is 2.40. The van der Waals surface area contributed by atoms with Gasteiger partial charge in [-0.2, -0.15) is 0 Å². The van der Waals surface area contributed by atoms with Crippen LogP contribution in [0, 0.1) is 0 Å². The summed E-state index contributed by atoms with van der Waals surface area (Å²) in [6.45, 7) is 1.42.